The first-order valence-electron chi connectivity index (χ1n) is 11.1. The molecular formula is C26H18BrN5O8. The fourth-order valence-corrected chi connectivity index (χ4v) is 3.79. The highest BCUT2D eigenvalue weighted by Crippen LogP contribution is 2.28. The number of nitrogens with two attached hydrogens (primary N) is 1. The fraction of sp³-hybridized carbons (Fsp3) is 0. The molecule has 0 saturated carbocycles. The van der Waals surface area contributed by atoms with Gasteiger partial charge in [0.05, 0.1) is 43.0 Å². The highest BCUT2D eigenvalue weighted by molar-refractivity contribution is 9.10. The van der Waals surface area contributed by atoms with Crippen molar-refractivity contribution in [1.82, 2.24) is 4.98 Å². The van der Waals surface area contributed by atoms with Gasteiger partial charge in [0.2, 0.25) is 0 Å². The molecule has 4 aromatic carbocycles. The third kappa shape index (κ3) is 7.08. The van der Waals surface area contributed by atoms with Crippen molar-refractivity contribution in [3.8, 4) is 0 Å². The van der Waals surface area contributed by atoms with Crippen LogP contribution in [-0.4, -0.2) is 30.8 Å². The van der Waals surface area contributed by atoms with E-state index in [-0.39, 0.29) is 0 Å². The topological polar surface area (TPSA) is 206 Å². The summed E-state index contributed by atoms with van der Waals surface area (Å²) in [6.07, 6.45) is 1.65. The Labute approximate surface area is 233 Å². The van der Waals surface area contributed by atoms with E-state index in [4.69, 9.17) is 5.73 Å². The number of hydrogen-bond donors (Lipinski definition) is 2. The Balaban J connectivity index is 0.000000176. The van der Waals surface area contributed by atoms with E-state index in [0.29, 0.717) is 29.6 Å². The van der Waals surface area contributed by atoms with Crippen molar-refractivity contribution >= 4 is 66.3 Å². The van der Waals surface area contributed by atoms with Crippen molar-refractivity contribution in [2.24, 2.45) is 0 Å². The molecule has 5 rings (SSSR count). The quantitative estimate of drug-likeness (QED) is 0.128. The second-order valence-electron chi connectivity index (χ2n) is 7.85. The second kappa shape index (κ2) is 12.8. The molecule has 40 heavy (non-hydrogen) atoms. The average Bonchev–Trinajstić information content (AvgIpc) is 2.93. The summed E-state index contributed by atoms with van der Waals surface area (Å²) >= 11 is 3.21. The van der Waals surface area contributed by atoms with Gasteiger partial charge in [0.15, 0.2) is 0 Å². The lowest BCUT2D eigenvalue weighted by molar-refractivity contribution is -0.403. The second-order valence-corrected chi connectivity index (χ2v) is 8.70. The number of nitrogen functional groups attached to an aromatic ring is 1. The van der Waals surface area contributed by atoms with Gasteiger partial charge >= 0.3 is 5.97 Å². The predicted octanol–water partition coefficient (Wildman–Crippen LogP) is 6.53. The van der Waals surface area contributed by atoms with Crippen molar-refractivity contribution in [1.29, 1.82) is 0 Å². The largest absolute Gasteiger partial charge is 0.478 e. The van der Waals surface area contributed by atoms with Crippen molar-refractivity contribution in [3.05, 3.63) is 132 Å². The number of aromatic nitrogens is 1. The first kappa shape index (κ1) is 29.1. The Hall–Kier alpha value is -5.50. The molecule has 0 spiro atoms. The Kier molecular flexibility index (Phi) is 9.33. The highest BCUT2D eigenvalue weighted by atomic mass is 79.9. The Bertz CT molecular complexity index is 1610. The molecule has 0 aliphatic rings. The Morgan fingerprint density at radius 3 is 1.48 bits per heavy atom. The molecule has 0 bridgehead atoms. The summed E-state index contributed by atoms with van der Waals surface area (Å²) in [5.41, 5.74) is 3.70. The molecule has 0 unspecified atom stereocenters. The number of nitro groups is 3. The SMILES string of the molecule is Nc1ncccc1Br.O=C(O)c1c2ccccc2cc2ccccc12.O=[N+]([O-])c1cc([N+](=O)[O-])cc([N+](=O)[O-])c1. The Morgan fingerprint density at radius 2 is 1.15 bits per heavy atom. The Morgan fingerprint density at radius 1 is 0.725 bits per heavy atom. The zero-order valence-electron chi connectivity index (χ0n) is 20.2. The average molecular weight is 608 g/mol. The number of benzene rings is 4. The summed E-state index contributed by atoms with van der Waals surface area (Å²) < 4.78 is 0.847. The van der Waals surface area contributed by atoms with Crippen molar-refractivity contribution in [2.45, 2.75) is 0 Å². The van der Waals surface area contributed by atoms with Crippen molar-refractivity contribution < 1.29 is 24.7 Å². The van der Waals surface area contributed by atoms with E-state index in [0.717, 1.165) is 26.0 Å². The summed E-state index contributed by atoms with van der Waals surface area (Å²) in [7, 11) is 0. The number of aromatic carboxylic acids is 1. The van der Waals surface area contributed by atoms with Gasteiger partial charge in [0.25, 0.3) is 17.1 Å². The number of anilines is 1. The third-order valence-electron chi connectivity index (χ3n) is 5.29. The van der Waals surface area contributed by atoms with E-state index in [1.807, 2.05) is 66.7 Å². The molecule has 5 aromatic rings. The normalized spacial score (nSPS) is 10.0. The van der Waals surface area contributed by atoms with Crippen LogP contribution in [-0.2, 0) is 0 Å². The minimum atomic E-state index is -0.931. The van der Waals surface area contributed by atoms with Crippen molar-refractivity contribution in [3.63, 3.8) is 0 Å². The van der Waals surface area contributed by atoms with E-state index in [2.05, 4.69) is 20.9 Å². The van der Waals surface area contributed by atoms with Crippen LogP contribution in [0.1, 0.15) is 10.4 Å². The zero-order valence-corrected chi connectivity index (χ0v) is 21.8. The molecule has 1 aromatic heterocycles. The van der Waals surface area contributed by atoms with E-state index in [9.17, 15) is 40.2 Å². The molecular weight excluding hydrogens is 590 g/mol. The van der Waals surface area contributed by atoms with Crippen LogP contribution in [0.25, 0.3) is 21.5 Å². The number of carbonyl (C=O) groups is 1. The number of carboxylic acids is 1. The summed E-state index contributed by atoms with van der Waals surface area (Å²) in [6, 6.07) is 22.8. The van der Waals surface area contributed by atoms with Crippen LogP contribution in [0.5, 0.6) is 0 Å². The zero-order chi connectivity index (χ0) is 29.4. The maximum Gasteiger partial charge on any atom is 0.336 e. The standard InChI is InChI=1S/C15H10O2.C6H3N3O6.C5H5BrN2/c16-15(17)14-12-7-3-1-5-10(12)9-11-6-2-4-8-13(11)14;10-7(11)4-1-5(8(12)13)3-6(2-4)9(14)15;6-4-2-1-3-8-5(4)7/h1-9H,(H,16,17);1-3H;1-3H,(H2,7,8). The molecule has 202 valence electrons. The number of nitro benzene ring substituents is 3. The number of non-ortho nitro benzene ring substituents is 3. The van der Waals surface area contributed by atoms with Gasteiger partial charge in [-0.3, -0.25) is 30.3 Å². The minimum absolute atomic E-state index is 0.388. The van der Waals surface area contributed by atoms with Gasteiger partial charge in [0, 0.05) is 6.20 Å². The van der Waals surface area contributed by atoms with Gasteiger partial charge in [-0.2, -0.15) is 0 Å². The van der Waals surface area contributed by atoms with E-state index < -0.39 is 37.8 Å². The number of halogens is 1. The number of pyridine rings is 1. The first-order chi connectivity index (χ1) is 19.0. The summed E-state index contributed by atoms with van der Waals surface area (Å²) in [4.78, 5) is 43.4. The monoisotopic (exact) mass is 607 g/mol. The van der Waals surface area contributed by atoms with E-state index in [1.54, 1.807) is 6.20 Å². The molecule has 14 heteroatoms. The van der Waals surface area contributed by atoms with Crippen LogP contribution in [0, 0.1) is 30.3 Å². The lowest BCUT2D eigenvalue weighted by Gasteiger charge is -2.07. The molecule has 0 aliphatic carbocycles. The molecule has 0 radical (unpaired) electrons. The van der Waals surface area contributed by atoms with Gasteiger partial charge in [-0.05, 0) is 55.7 Å². The summed E-state index contributed by atoms with van der Waals surface area (Å²) in [5, 5.41) is 43.8. The molecule has 0 fully saturated rings. The van der Waals surface area contributed by atoms with Crippen molar-refractivity contribution in [2.75, 3.05) is 5.73 Å². The van der Waals surface area contributed by atoms with E-state index in [1.165, 1.54) is 0 Å². The fourth-order valence-electron chi connectivity index (χ4n) is 3.54. The maximum atomic E-state index is 11.4. The van der Waals surface area contributed by atoms with E-state index >= 15 is 0 Å². The van der Waals surface area contributed by atoms with Gasteiger partial charge in [-0.1, -0.05) is 48.5 Å². The number of hydrogen-bond acceptors (Lipinski definition) is 9. The van der Waals surface area contributed by atoms with Gasteiger partial charge in [0.1, 0.15) is 5.82 Å². The smallest absolute Gasteiger partial charge is 0.336 e. The molecule has 3 N–H and O–H groups in total. The molecule has 0 aliphatic heterocycles. The first-order valence-corrected chi connectivity index (χ1v) is 11.9. The molecule has 0 saturated heterocycles. The third-order valence-corrected chi connectivity index (χ3v) is 5.96. The van der Waals surface area contributed by atoms with Crippen LogP contribution in [0.4, 0.5) is 22.9 Å². The van der Waals surface area contributed by atoms with Crippen LogP contribution in [0.2, 0.25) is 0 Å². The molecule has 1 heterocycles. The molecule has 13 nitrogen and oxygen atoms in total. The predicted molar refractivity (Wildman–Crippen MR) is 151 cm³/mol. The van der Waals surface area contributed by atoms with Gasteiger partial charge < -0.3 is 10.8 Å². The van der Waals surface area contributed by atoms with Gasteiger partial charge in [-0.15, -0.1) is 0 Å². The van der Waals surface area contributed by atoms with Crippen LogP contribution in [0.3, 0.4) is 0 Å². The van der Waals surface area contributed by atoms with Gasteiger partial charge in [-0.25, -0.2) is 9.78 Å². The lowest BCUT2D eigenvalue weighted by Crippen LogP contribution is -1.99. The summed E-state index contributed by atoms with van der Waals surface area (Å²) in [5.74, 6) is -0.342. The number of carboxylic acid groups (broad SMARTS) is 1. The lowest BCUT2D eigenvalue weighted by atomic mass is 9.97. The number of fused-ring (bicyclic) bond motifs is 2. The van der Waals surface area contributed by atoms with Crippen LogP contribution < -0.4 is 5.73 Å². The summed E-state index contributed by atoms with van der Waals surface area (Å²) in [6.45, 7) is 0. The minimum Gasteiger partial charge on any atom is -0.478 e. The maximum absolute atomic E-state index is 11.4. The number of nitrogens with zero attached hydrogens (tertiary/aromatic N) is 4. The van der Waals surface area contributed by atoms with Crippen LogP contribution in [0.15, 0.2) is 95.6 Å². The van der Waals surface area contributed by atoms with Crippen LogP contribution >= 0.6 is 15.9 Å². The molecule has 0 atom stereocenters. The highest BCUT2D eigenvalue weighted by Gasteiger charge is 2.21. The molecule has 0 amide bonds. The number of rotatable bonds is 4.